The average Bonchev–Trinajstić information content (AvgIpc) is 3.18. The summed E-state index contributed by atoms with van der Waals surface area (Å²) in [6, 6.07) is 14.9. The summed E-state index contributed by atoms with van der Waals surface area (Å²) in [5.41, 5.74) is 2.66. The lowest BCUT2D eigenvalue weighted by molar-refractivity contribution is -0.137. The van der Waals surface area contributed by atoms with Gasteiger partial charge >= 0.3 is 6.18 Å². The van der Waals surface area contributed by atoms with Gasteiger partial charge in [-0.05, 0) is 30.2 Å². The Bertz CT molecular complexity index is 1030. The number of hydrogen-bond acceptors (Lipinski definition) is 4. The Morgan fingerprint density at radius 3 is 2.61 bits per heavy atom. The Hall–Kier alpha value is -3.11. The van der Waals surface area contributed by atoms with Crippen molar-refractivity contribution in [2.45, 2.75) is 19.5 Å². The fraction of sp³-hybridized carbons (Fsp3) is 0.143. The van der Waals surface area contributed by atoms with E-state index in [1.54, 1.807) is 0 Å². The molecule has 0 aliphatic heterocycles. The van der Waals surface area contributed by atoms with Gasteiger partial charge in [-0.25, -0.2) is 4.98 Å². The lowest BCUT2D eigenvalue weighted by Crippen LogP contribution is -2.05. The second kappa shape index (κ2) is 8.28. The van der Waals surface area contributed by atoms with Crippen LogP contribution in [0.1, 0.15) is 23.1 Å². The van der Waals surface area contributed by atoms with E-state index in [-0.39, 0.29) is 11.3 Å². The molecule has 0 unspecified atom stereocenters. The van der Waals surface area contributed by atoms with Gasteiger partial charge in [-0.15, -0.1) is 11.3 Å². The topological polar surface area (TPSA) is 48.7 Å². The number of aromatic nitrogens is 1. The van der Waals surface area contributed by atoms with Gasteiger partial charge in [0.2, 0.25) is 0 Å². The molecule has 0 atom stereocenters. The lowest BCUT2D eigenvalue weighted by Gasteiger charge is -2.08. The molecule has 3 nitrogen and oxygen atoms in total. The molecule has 0 aliphatic rings. The van der Waals surface area contributed by atoms with E-state index in [1.807, 2.05) is 35.7 Å². The van der Waals surface area contributed by atoms with Crippen LogP contribution in [0.5, 0.6) is 0 Å². The SMILES string of the molecule is CCc1ccc(-c2csc(C(C#N)=CNc3cccc(C(F)(F)F)c3)n2)cc1. The zero-order valence-corrected chi connectivity index (χ0v) is 15.7. The van der Waals surface area contributed by atoms with E-state index in [0.717, 1.165) is 29.8 Å². The van der Waals surface area contributed by atoms with E-state index in [0.29, 0.717) is 5.01 Å². The highest BCUT2D eigenvalue weighted by Crippen LogP contribution is 2.31. The summed E-state index contributed by atoms with van der Waals surface area (Å²) in [5, 5.41) is 14.5. The largest absolute Gasteiger partial charge is 0.416 e. The maximum atomic E-state index is 12.8. The van der Waals surface area contributed by atoms with Crippen LogP contribution in [0.25, 0.3) is 16.8 Å². The molecule has 1 aromatic heterocycles. The van der Waals surface area contributed by atoms with Crippen molar-refractivity contribution in [2.75, 3.05) is 5.32 Å². The molecule has 0 amide bonds. The Balaban J connectivity index is 1.80. The molecule has 142 valence electrons. The summed E-state index contributed by atoms with van der Waals surface area (Å²) < 4.78 is 38.4. The number of anilines is 1. The fourth-order valence-corrected chi connectivity index (χ4v) is 3.32. The molecule has 2 aromatic carbocycles. The minimum absolute atomic E-state index is 0.245. The normalized spacial score (nSPS) is 11.9. The number of halogens is 3. The zero-order chi connectivity index (χ0) is 20.1. The van der Waals surface area contributed by atoms with Crippen molar-refractivity contribution in [3.8, 4) is 17.3 Å². The molecule has 7 heteroatoms. The molecule has 0 spiro atoms. The number of allylic oxidation sites excluding steroid dienone is 1. The molecular formula is C21H16F3N3S. The van der Waals surface area contributed by atoms with E-state index >= 15 is 0 Å². The van der Waals surface area contributed by atoms with Crippen molar-refractivity contribution < 1.29 is 13.2 Å². The predicted molar refractivity (Wildman–Crippen MR) is 106 cm³/mol. The second-order valence-electron chi connectivity index (χ2n) is 5.98. The van der Waals surface area contributed by atoms with Gasteiger partial charge in [0, 0.05) is 22.8 Å². The smallest absolute Gasteiger partial charge is 0.360 e. The van der Waals surface area contributed by atoms with Crippen LogP contribution in [-0.4, -0.2) is 4.98 Å². The van der Waals surface area contributed by atoms with Crippen molar-refractivity contribution >= 4 is 22.6 Å². The quantitative estimate of drug-likeness (QED) is 0.507. The Morgan fingerprint density at radius 2 is 1.96 bits per heavy atom. The first-order valence-electron chi connectivity index (χ1n) is 8.50. The summed E-state index contributed by atoms with van der Waals surface area (Å²) >= 11 is 1.31. The number of nitrogens with one attached hydrogen (secondary N) is 1. The number of nitrogens with zero attached hydrogens (tertiary/aromatic N) is 2. The van der Waals surface area contributed by atoms with E-state index in [2.05, 4.69) is 17.2 Å². The Labute approximate surface area is 164 Å². The van der Waals surface area contributed by atoms with Gasteiger partial charge in [0.1, 0.15) is 16.6 Å². The van der Waals surface area contributed by atoms with E-state index in [1.165, 1.54) is 35.2 Å². The van der Waals surface area contributed by atoms with Gasteiger partial charge in [0.05, 0.1) is 11.3 Å². The molecule has 0 bridgehead atoms. The van der Waals surface area contributed by atoms with Crippen molar-refractivity contribution in [1.29, 1.82) is 5.26 Å². The number of nitriles is 1. The number of benzene rings is 2. The number of aryl methyl sites for hydroxylation is 1. The van der Waals surface area contributed by atoms with Crippen LogP contribution in [0.15, 0.2) is 60.1 Å². The standard InChI is InChI=1S/C21H16F3N3S/c1-2-14-6-8-15(9-7-14)19-13-28-20(27-19)16(11-25)12-26-18-5-3-4-17(10-18)21(22,23)24/h3-10,12-13,26H,2H2,1H3. The van der Waals surface area contributed by atoms with Crippen molar-refractivity contribution in [3.05, 3.63) is 76.2 Å². The average molecular weight is 399 g/mol. The van der Waals surface area contributed by atoms with Gasteiger partial charge in [-0.3, -0.25) is 0 Å². The molecule has 3 rings (SSSR count). The zero-order valence-electron chi connectivity index (χ0n) is 14.9. The van der Waals surface area contributed by atoms with E-state index < -0.39 is 11.7 Å². The van der Waals surface area contributed by atoms with E-state index in [4.69, 9.17) is 0 Å². The summed E-state index contributed by atoms with van der Waals surface area (Å²) in [7, 11) is 0. The first kappa shape index (κ1) is 19.6. The van der Waals surface area contributed by atoms with Gasteiger partial charge in [-0.2, -0.15) is 18.4 Å². The summed E-state index contributed by atoms with van der Waals surface area (Å²) in [6.07, 6.45) is -2.10. The maximum Gasteiger partial charge on any atom is 0.416 e. The number of rotatable bonds is 5. The third kappa shape index (κ3) is 4.59. The molecule has 1 heterocycles. The first-order valence-corrected chi connectivity index (χ1v) is 9.38. The van der Waals surface area contributed by atoms with Crippen LogP contribution < -0.4 is 5.32 Å². The van der Waals surface area contributed by atoms with Gasteiger partial charge in [-0.1, -0.05) is 37.3 Å². The van der Waals surface area contributed by atoms with Crippen molar-refractivity contribution in [3.63, 3.8) is 0 Å². The molecule has 0 radical (unpaired) electrons. The summed E-state index contributed by atoms with van der Waals surface area (Å²) in [4.78, 5) is 4.48. The molecule has 0 aliphatic carbocycles. The predicted octanol–water partition coefficient (Wildman–Crippen LogP) is 6.37. The monoisotopic (exact) mass is 399 g/mol. The van der Waals surface area contributed by atoms with Gasteiger partial charge in [0.15, 0.2) is 0 Å². The Kier molecular flexibility index (Phi) is 5.81. The van der Waals surface area contributed by atoms with Crippen molar-refractivity contribution in [2.24, 2.45) is 0 Å². The summed E-state index contributed by atoms with van der Waals surface area (Å²) in [6.45, 7) is 2.08. The van der Waals surface area contributed by atoms with Crippen LogP contribution in [0.2, 0.25) is 0 Å². The molecule has 3 aromatic rings. The fourth-order valence-electron chi connectivity index (χ4n) is 2.52. The summed E-state index contributed by atoms with van der Waals surface area (Å²) in [5.74, 6) is 0. The maximum absolute atomic E-state index is 12.8. The third-order valence-corrected chi connectivity index (χ3v) is 4.96. The number of hydrogen-bond donors (Lipinski definition) is 1. The molecule has 0 saturated heterocycles. The molecule has 1 N–H and O–H groups in total. The molecule has 28 heavy (non-hydrogen) atoms. The second-order valence-corrected chi connectivity index (χ2v) is 6.84. The highest BCUT2D eigenvalue weighted by Gasteiger charge is 2.30. The van der Waals surface area contributed by atoms with Crippen LogP contribution in [-0.2, 0) is 12.6 Å². The highest BCUT2D eigenvalue weighted by atomic mass is 32.1. The minimum Gasteiger partial charge on any atom is -0.360 e. The minimum atomic E-state index is -4.42. The highest BCUT2D eigenvalue weighted by molar-refractivity contribution is 7.11. The van der Waals surface area contributed by atoms with Gasteiger partial charge in [0.25, 0.3) is 0 Å². The van der Waals surface area contributed by atoms with Crippen LogP contribution in [0.3, 0.4) is 0 Å². The van der Waals surface area contributed by atoms with Crippen LogP contribution >= 0.6 is 11.3 Å². The van der Waals surface area contributed by atoms with Crippen molar-refractivity contribution in [1.82, 2.24) is 4.98 Å². The first-order chi connectivity index (χ1) is 13.4. The Morgan fingerprint density at radius 1 is 1.21 bits per heavy atom. The molecule has 0 fully saturated rings. The number of alkyl halides is 3. The number of thiazole rings is 1. The molecule has 0 saturated carbocycles. The van der Waals surface area contributed by atoms with Crippen LogP contribution in [0.4, 0.5) is 18.9 Å². The lowest BCUT2D eigenvalue weighted by atomic mass is 10.1. The molecular weight excluding hydrogens is 383 g/mol. The third-order valence-electron chi connectivity index (χ3n) is 4.09. The van der Waals surface area contributed by atoms with Gasteiger partial charge < -0.3 is 5.32 Å². The van der Waals surface area contributed by atoms with E-state index in [9.17, 15) is 18.4 Å². The van der Waals surface area contributed by atoms with Crippen LogP contribution in [0, 0.1) is 11.3 Å².